The van der Waals surface area contributed by atoms with Crippen molar-refractivity contribution in [2.24, 2.45) is 0 Å². The highest BCUT2D eigenvalue weighted by molar-refractivity contribution is 5.99. The highest BCUT2D eigenvalue weighted by atomic mass is 16.2. The molecule has 0 aliphatic heterocycles. The lowest BCUT2D eigenvalue weighted by molar-refractivity contribution is -0.127. The van der Waals surface area contributed by atoms with Crippen LogP contribution in [-0.4, -0.2) is 30.9 Å². The molecule has 0 saturated carbocycles. The average Bonchev–Trinajstić information content (AvgIpc) is 2.49. The number of likely N-dealkylation sites (N-methyl/N-ethyl adjacent to an activating group) is 1. The lowest BCUT2D eigenvalue weighted by Crippen LogP contribution is -2.23. The molecule has 0 aromatic heterocycles. The summed E-state index contributed by atoms with van der Waals surface area (Å²) in [6.45, 7) is 1.97. The van der Waals surface area contributed by atoms with E-state index in [2.05, 4.69) is 10.6 Å². The van der Waals surface area contributed by atoms with Crippen LogP contribution in [0.25, 0.3) is 0 Å². The van der Waals surface area contributed by atoms with Crippen molar-refractivity contribution in [3.05, 3.63) is 59.7 Å². The number of hydrogen-bond acceptors (Lipinski definition) is 2. The molecule has 23 heavy (non-hydrogen) atoms. The van der Waals surface area contributed by atoms with E-state index in [1.165, 1.54) is 0 Å². The molecule has 5 heteroatoms. The number of aryl methyl sites for hydroxylation is 1. The zero-order chi connectivity index (χ0) is 16.8. The van der Waals surface area contributed by atoms with Crippen LogP contribution in [0.3, 0.4) is 0 Å². The Balaban J connectivity index is 1.92. The van der Waals surface area contributed by atoms with E-state index in [1.807, 2.05) is 43.3 Å². The minimum atomic E-state index is -0.298. The summed E-state index contributed by atoms with van der Waals surface area (Å²) in [6.07, 6.45) is 0.350. The molecule has 0 spiro atoms. The molecule has 0 fully saturated rings. The van der Waals surface area contributed by atoms with E-state index in [9.17, 15) is 9.59 Å². The van der Waals surface area contributed by atoms with Crippen LogP contribution >= 0.6 is 0 Å². The summed E-state index contributed by atoms with van der Waals surface area (Å²) in [6, 6.07) is 14.5. The summed E-state index contributed by atoms with van der Waals surface area (Å²) in [5.41, 5.74) is 3.41. The van der Waals surface area contributed by atoms with Crippen LogP contribution in [0.15, 0.2) is 48.5 Å². The molecule has 0 aliphatic rings. The molecular weight excluding hydrogens is 290 g/mol. The van der Waals surface area contributed by atoms with E-state index in [0.29, 0.717) is 12.1 Å². The fraction of sp³-hybridized carbons (Fsp3) is 0.222. The van der Waals surface area contributed by atoms with Gasteiger partial charge in [0.05, 0.1) is 6.42 Å². The summed E-state index contributed by atoms with van der Waals surface area (Å²) in [5.74, 6) is 0.0444. The van der Waals surface area contributed by atoms with Gasteiger partial charge in [0.2, 0.25) is 5.91 Å². The van der Waals surface area contributed by atoms with Gasteiger partial charge in [-0.25, -0.2) is 4.79 Å². The predicted octanol–water partition coefficient (Wildman–Crippen LogP) is 3.27. The van der Waals surface area contributed by atoms with Crippen molar-refractivity contribution in [1.29, 1.82) is 0 Å². The Hall–Kier alpha value is -2.82. The SMILES string of the molecule is Cc1cccc(NC(=O)Nc2ccc(CC(=O)N(C)C)cc2)c1. The second-order valence-corrected chi connectivity index (χ2v) is 5.61. The van der Waals surface area contributed by atoms with Crippen LogP contribution in [0.5, 0.6) is 0 Å². The number of carbonyl (C=O) groups is 2. The van der Waals surface area contributed by atoms with E-state index in [0.717, 1.165) is 16.8 Å². The van der Waals surface area contributed by atoms with E-state index in [-0.39, 0.29) is 11.9 Å². The van der Waals surface area contributed by atoms with E-state index >= 15 is 0 Å². The molecule has 5 nitrogen and oxygen atoms in total. The van der Waals surface area contributed by atoms with E-state index in [4.69, 9.17) is 0 Å². The first-order valence-electron chi connectivity index (χ1n) is 7.38. The van der Waals surface area contributed by atoms with E-state index < -0.39 is 0 Å². The minimum Gasteiger partial charge on any atom is -0.349 e. The molecule has 2 aromatic carbocycles. The smallest absolute Gasteiger partial charge is 0.323 e. The Morgan fingerprint density at radius 1 is 0.957 bits per heavy atom. The topological polar surface area (TPSA) is 61.4 Å². The Labute approximate surface area is 136 Å². The molecule has 0 atom stereocenters. The second kappa shape index (κ2) is 7.45. The number of benzene rings is 2. The summed E-state index contributed by atoms with van der Waals surface area (Å²) >= 11 is 0. The summed E-state index contributed by atoms with van der Waals surface area (Å²) in [5, 5.41) is 5.55. The maximum Gasteiger partial charge on any atom is 0.323 e. The first kappa shape index (κ1) is 16.5. The third kappa shape index (κ3) is 5.14. The first-order chi connectivity index (χ1) is 10.9. The van der Waals surface area contributed by atoms with Crippen LogP contribution in [0.2, 0.25) is 0 Å². The van der Waals surface area contributed by atoms with Crippen molar-refractivity contribution in [3.8, 4) is 0 Å². The van der Waals surface area contributed by atoms with Gasteiger partial charge in [0.25, 0.3) is 0 Å². The van der Waals surface area contributed by atoms with E-state index in [1.54, 1.807) is 31.1 Å². The van der Waals surface area contributed by atoms with Crippen molar-refractivity contribution in [3.63, 3.8) is 0 Å². The number of anilines is 2. The van der Waals surface area contributed by atoms with Crippen LogP contribution in [0.4, 0.5) is 16.2 Å². The van der Waals surface area contributed by atoms with Gasteiger partial charge in [0.1, 0.15) is 0 Å². The van der Waals surface area contributed by atoms with Gasteiger partial charge in [0, 0.05) is 25.5 Å². The number of carbonyl (C=O) groups excluding carboxylic acids is 2. The number of urea groups is 1. The maximum atomic E-state index is 12.0. The van der Waals surface area contributed by atoms with Crippen LogP contribution in [0.1, 0.15) is 11.1 Å². The number of amides is 3. The lowest BCUT2D eigenvalue weighted by Gasteiger charge is -2.11. The molecule has 0 unspecified atom stereocenters. The van der Waals surface area contributed by atoms with Crippen molar-refractivity contribution < 1.29 is 9.59 Å². The highest BCUT2D eigenvalue weighted by Crippen LogP contribution is 2.13. The third-order valence-corrected chi connectivity index (χ3v) is 3.34. The minimum absolute atomic E-state index is 0.0444. The number of nitrogens with one attached hydrogen (secondary N) is 2. The molecule has 0 aliphatic carbocycles. The third-order valence-electron chi connectivity index (χ3n) is 3.34. The van der Waals surface area contributed by atoms with Crippen LogP contribution in [0, 0.1) is 6.92 Å². The average molecular weight is 311 g/mol. The first-order valence-corrected chi connectivity index (χ1v) is 7.38. The maximum absolute atomic E-state index is 12.0. The number of nitrogens with zero attached hydrogens (tertiary/aromatic N) is 1. The summed E-state index contributed by atoms with van der Waals surface area (Å²) < 4.78 is 0. The van der Waals surface area contributed by atoms with Crippen molar-refractivity contribution in [2.45, 2.75) is 13.3 Å². The normalized spacial score (nSPS) is 10.0. The predicted molar refractivity (Wildman–Crippen MR) is 92.7 cm³/mol. The molecule has 2 aromatic rings. The Morgan fingerprint density at radius 2 is 1.61 bits per heavy atom. The molecule has 0 radical (unpaired) electrons. The molecule has 0 saturated heterocycles. The monoisotopic (exact) mass is 311 g/mol. The Kier molecular flexibility index (Phi) is 5.36. The molecule has 3 amide bonds. The van der Waals surface area contributed by atoms with Gasteiger partial charge >= 0.3 is 6.03 Å². The van der Waals surface area contributed by atoms with Gasteiger partial charge < -0.3 is 15.5 Å². The molecular formula is C18H21N3O2. The fourth-order valence-electron chi connectivity index (χ4n) is 2.05. The van der Waals surface area contributed by atoms with Crippen molar-refractivity contribution in [2.75, 3.05) is 24.7 Å². The lowest BCUT2D eigenvalue weighted by atomic mass is 10.1. The van der Waals surface area contributed by atoms with Gasteiger partial charge in [-0.05, 0) is 42.3 Å². The quantitative estimate of drug-likeness (QED) is 0.910. The Bertz CT molecular complexity index is 694. The number of rotatable bonds is 4. The highest BCUT2D eigenvalue weighted by Gasteiger charge is 2.06. The molecule has 120 valence electrons. The zero-order valence-electron chi connectivity index (χ0n) is 13.6. The van der Waals surface area contributed by atoms with Gasteiger partial charge in [-0.15, -0.1) is 0 Å². The van der Waals surface area contributed by atoms with Gasteiger partial charge in [-0.1, -0.05) is 24.3 Å². The van der Waals surface area contributed by atoms with Crippen LogP contribution in [-0.2, 0) is 11.2 Å². The van der Waals surface area contributed by atoms with Gasteiger partial charge in [-0.3, -0.25) is 4.79 Å². The largest absolute Gasteiger partial charge is 0.349 e. The second-order valence-electron chi connectivity index (χ2n) is 5.61. The van der Waals surface area contributed by atoms with Gasteiger partial charge in [0.15, 0.2) is 0 Å². The van der Waals surface area contributed by atoms with Crippen molar-refractivity contribution >= 4 is 23.3 Å². The van der Waals surface area contributed by atoms with Crippen molar-refractivity contribution in [1.82, 2.24) is 4.90 Å². The number of hydrogen-bond donors (Lipinski definition) is 2. The van der Waals surface area contributed by atoms with Crippen LogP contribution < -0.4 is 10.6 Å². The van der Waals surface area contributed by atoms with Gasteiger partial charge in [-0.2, -0.15) is 0 Å². The molecule has 0 heterocycles. The molecule has 2 rings (SSSR count). The fourth-order valence-corrected chi connectivity index (χ4v) is 2.05. The Morgan fingerprint density at radius 3 is 2.22 bits per heavy atom. The standard InChI is InChI=1S/C18H21N3O2/c1-13-5-4-6-16(11-13)20-18(23)19-15-9-7-14(8-10-15)12-17(22)21(2)3/h4-11H,12H2,1-3H3,(H2,19,20,23). The molecule has 0 bridgehead atoms. The molecule has 2 N–H and O–H groups in total. The summed E-state index contributed by atoms with van der Waals surface area (Å²) in [7, 11) is 3.46. The summed E-state index contributed by atoms with van der Waals surface area (Å²) in [4.78, 5) is 25.2. The zero-order valence-corrected chi connectivity index (χ0v) is 13.6.